The Hall–Kier alpha value is -0.0800. The van der Waals surface area contributed by atoms with E-state index in [1.807, 2.05) is 0 Å². The van der Waals surface area contributed by atoms with Crippen molar-refractivity contribution in [3.63, 3.8) is 0 Å². The van der Waals surface area contributed by atoms with Crippen molar-refractivity contribution in [1.29, 1.82) is 0 Å². The fraction of sp³-hybridized carbons (Fsp3) is 1.00. The van der Waals surface area contributed by atoms with E-state index in [-0.39, 0.29) is 0 Å². The first-order valence-corrected chi connectivity index (χ1v) is 4.66. The van der Waals surface area contributed by atoms with Gasteiger partial charge in [-0.25, -0.2) is 0 Å². The molecule has 2 nitrogen and oxygen atoms in total. The van der Waals surface area contributed by atoms with Gasteiger partial charge in [0, 0.05) is 13.2 Å². The fourth-order valence-electron chi connectivity index (χ4n) is 1.50. The monoisotopic (exact) mass is 157 g/mol. The average Bonchev–Trinajstić information content (AvgIpc) is 1.93. The van der Waals surface area contributed by atoms with Crippen molar-refractivity contribution in [2.24, 2.45) is 11.8 Å². The Kier molecular flexibility index (Phi) is 3.87. The molecule has 66 valence electrons. The first-order valence-electron chi connectivity index (χ1n) is 4.66. The lowest BCUT2D eigenvalue weighted by Gasteiger charge is -2.34. The summed E-state index contributed by atoms with van der Waals surface area (Å²) in [5.74, 6) is 1.67. The van der Waals surface area contributed by atoms with Gasteiger partial charge in [0.2, 0.25) is 0 Å². The van der Waals surface area contributed by atoms with Gasteiger partial charge in [-0.05, 0) is 31.8 Å². The van der Waals surface area contributed by atoms with Gasteiger partial charge in [-0.15, -0.1) is 0 Å². The second-order valence-corrected chi connectivity index (χ2v) is 3.25. The van der Waals surface area contributed by atoms with E-state index in [1.54, 1.807) is 0 Å². The Morgan fingerprint density at radius 3 is 2.55 bits per heavy atom. The predicted octanol–water partition coefficient (Wildman–Crippen LogP) is 1.27. The fourth-order valence-corrected chi connectivity index (χ4v) is 1.50. The molecule has 11 heavy (non-hydrogen) atoms. The molecule has 0 aliphatic carbocycles. The van der Waals surface area contributed by atoms with Gasteiger partial charge in [0.05, 0.1) is 0 Å². The van der Waals surface area contributed by atoms with Crippen molar-refractivity contribution in [1.82, 2.24) is 5.32 Å². The van der Waals surface area contributed by atoms with Crippen LogP contribution in [0, 0.1) is 11.8 Å². The van der Waals surface area contributed by atoms with Crippen molar-refractivity contribution in [2.45, 2.75) is 20.3 Å². The van der Waals surface area contributed by atoms with E-state index in [0.29, 0.717) is 0 Å². The van der Waals surface area contributed by atoms with Gasteiger partial charge in [0.1, 0.15) is 0 Å². The lowest BCUT2D eigenvalue weighted by molar-refractivity contribution is 0.0685. The maximum atomic E-state index is 5.42. The second-order valence-electron chi connectivity index (χ2n) is 3.25. The van der Waals surface area contributed by atoms with Crippen molar-refractivity contribution >= 4 is 0 Å². The maximum Gasteiger partial charge on any atom is 0.0497 e. The quantitative estimate of drug-likeness (QED) is 0.649. The highest BCUT2D eigenvalue weighted by Crippen LogP contribution is 2.19. The number of hydrogen-bond acceptors (Lipinski definition) is 2. The summed E-state index contributed by atoms with van der Waals surface area (Å²) in [6.07, 6.45) is 1.26. The molecule has 1 heterocycles. The van der Waals surface area contributed by atoms with Crippen LogP contribution in [0.15, 0.2) is 0 Å². The van der Waals surface area contributed by atoms with E-state index in [4.69, 9.17) is 4.74 Å². The van der Waals surface area contributed by atoms with Crippen LogP contribution in [-0.4, -0.2) is 26.3 Å². The third-order valence-corrected chi connectivity index (χ3v) is 2.54. The molecule has 1 atom stereocenters. The Bertz CT molecular complexity index is 102. The van der Waals surface area contributed by atoms with Crippen LogP contribution in [-0.2, 0) is 4.74 Å². The van der Waals surface area contributed by atoms with Gasteiger partial charge in [0.25, 0.3) is 0 Å². The summed E-state index contributed by atoms with van der Waals surface area (Å²) in [4.78, 5) is 0. The van der Waals surface area contributed by atoms with Crippen molar-refractivity contribution in [3.05, 3.63) is 0 Å². The second kappa shape index (κ2) is 4.73. The summed E-state index contributed by atoms with van der Waals surface area (Å²) in [6, 6.07) is 0. The molecule has 2 heteroatoms. The third-order valence-electron chi connectivity index (χ3n) is 2.54. The average molecular weight is 157 g/mol. The number of nitrogens with one attached hydrogen (secondary N) is 1. The molecule has 0 saturated carbocycles. The lowest BCUT2D eigenvalue weighted by Crippen LogP contribution is -2.47. The zero-order valence-corrected chi connectivity index (χ0v) is 7.60. The van der Waals surface area contributed by atoms with Gasteiger partial charge >= 0.3 is 0 Å². The largest absolute Gasteiger partial charge is 0.381 e. The summed E-state index contributed by atoms with van der Waals surface area (Å²) < 4.78 is 5.42. The molecule has 1 saturated heterocycles. The summed E-state index contributed by atoms with van der Waals surface area (Å²) >= 11 is 0. The minimum absolute atomic E-state index is 0.788. The number of hydrogen-bond donors (Lipinski definition) is 1. The van der Waals surface area contributed by atoms with Crippen molar-refractivity contribution in [3.8, 4) is 0 Å². The normalized spacial score (nSPS) is 21.3. The van der Waals surface area contributed by atoms with E-state index in [1.165, 1.54) is 19.5 Å². The molecule has 0 aromatic heterocycles. The van der Waals surface area contributed by atoms with Crippen LogP contribution in [0.25, 0.3) is 0 Å². The molecule has 1 N–H and O–H groups in total. The summed E-state index contributed by atoms with van der Waals surface area (Å²) in [5, 5.41) is 3.30. The topological polar surface area (TPSA) is 21.3 Å². The predicted molar refractivity (Wildman–Crippen MR) is 46.6 cm³/mol. The highest BCUT2D eigenvalue weighted by atomic mass is 16.5. The van der Waals surface area contributed by atoms with E-state index in [0.717, 1.165) is 25.0 Å². The smallest absolute Gasteiger partial charge is 0.0497 e. The molecule has 0 radical (unpaired) electrons. The zero-order valence-electron chi connectivity index (χ0n) is 7.60. The van der Waals surface area contributed by atoms with Gasteiger partial charge in [0.15, 0.2) is 0 Å². The Balaban J connectivity index is 2.13. The standard InChI is InChI=1S/C9H19NO/c1-3-8(7-11-4-2)9-5-10-6-9/h8-10H,3-7H2,1-2H3. The Labute approximate surface area is 69.3 Å². The third kappa shape index (κ3) is 2.46. The molecule has 0 amide bonds. The minimum Gasteiger partial charge on any atom is -0.381 e. The highest BCUT2D eigenvalue weighted by molar-refractivity contribution is 4.80. The van der Waals surface area contributed by atoms with Gasteiger partial charge in [-0.2, -0.15) is 0 Å². The number of ether oxygens (including phenoxy) is 1. The molecule has 1 aliphatic heterocycles. The molecule has 0 bridgehead atoms. The highest BCUT2D eigenvalue weighted by Gasteiger charge is 2.25. The van der Waals surface area contributed by atoms with Gasteiger partial charge in [-0.3, -0.25) is 0 Å². The van der Waals surface area contributed by atoms with E-state index < -0.39 is 0 Å². The summed E-state index contributed by atoms with van der Waals surface area (Å²) in [6.45, 7) is 8.53. The molecule has 0 aromatic rings. The van der Waals surface area contributed by atoms with E-state index >= 15 is 0 Å². The van der Waals surface area contributed by atoms with Crippen LogP contribution < -0.4 is 5.32 Å². The molecule has 1 rings (SSSR count). The van der Waals surface area contributed by atoms with Crippen LogP contribution in [0.4, 0.5) is 0 Å². The number of rotatable bonds is 5. The minimum atomic E-state index is 0.788. The van der Waals surface area contributed by atoms with Crippen LogP contribution in [0.1, 0.15) is 20.3 Å². The van der Waals surface area contributed by atoms with Crippen molar-refractivity contribution < 1.29 is 4.74 Å². The van der Waals surface area contributed by atoms with E-state index in [9.17, 15) is 0 Å². The Morgan fingerprint density at radius 2 is 2.18 bits per heavy atom. The molecule has 0 aromatic carbocycles. The first kappa shape index (κ1) is 9.01. The first-order chi connectivity index (χ1) is 5.38. The van der Waals surface area contributed by atoms with Crippen LogP contribution >= 0.6 is 0 Å². The SMILES string of the molecule is CCOCC(CC)C1CNC1. The maximum absolute atomic E-state index is 5.42. The van der Waals surface area contributed by atoms with Crippen LogP contribution in [0.3, 0.4) is 0 Å². The van der Waals surface area contributed by atoms with Gasteiger partial charge < -0.3 is 10.1 Å². The zero-order chi connectivity index (χ0) is 8.10. The molecular formula is C9H19NO. The Morgan fingerprint density at radius 1 is 1.45 bits per heavy atom. The van der Waals surface area contributed by atoms with Crippen LogP contribution in [0.5, 0.6) is 0 Å². The summed E-state index contributed by atoms with van der Waals surface area (Å²) in [5.41, 5.74) is 0. The van der Waals surface area contributed by atoms with Gasteiger partial charge in [-0.1, -0.05) is 13.3 Å². The van der Waals surface area contributed by atoms with E-state index in [2.05, 4.69) is 19.2 Å². The summed E-state index contributed by atoms with van der Waals surface area (Å²) in [7, 11) is 0. The van der Waals surface area contributed by atoms with Crippen molar-refractivity contribution in [2.75, 3.05) is 26.3 Å². The molecule has 1 aliphatic rings. The molecular weight excluding hydrogens is 138 g/mol. The molecule has 0 spiro atoms. The molecule has 1 unspecified atom stereocenters. The molecule has 1 fully saturated rings. The lowest BCUT2D eigenvalue weighted by atomic mass is 9.86. The van der Waals surface area contributed by atoms with Crippen LogP contribution in [0.2, 0.25) is 0 Å².